The molecule has 0 aromatic carbocycles. The van der Waals surface area contributed by atoms with E-state index >= 15 is 0 Å². The summed E-state index contributed by atoms with van der Waals surface area (Å²) in [5.74, 6) is -0.104. The predicted molar refractivity (Wildman–Crippen MR) is 78.8 cm³/mol. The molecule has 1 aromatic heterocycles. The molecule has 0 radical (unpaired) electrons. The summed E-state index contributed by atoms with van der Waals surface area (Å²) in [4.78, 5) is 27.6. The molecule has 1 aromatic rings. The van der Waals surface area contributed by atoms with Crippen molar-refractivity contribution in [3.63, 3.8) is 0 Å². The standard InChI is InChI=1S/C12H14Cl2N2O3S/c1-2-19-12(18)16-5-3-15(4-6-16)11(17)9-7-8(13)10(14)20-9/h7H,2-6H2,1H3. The predicted octanol–water partition coefficient (Wildman–Crippen LogP) is 2.97. The molecule has 1 fully saturated rings. The molecule has 5 nitrogen and oxygen atoms in total. The fourth-order valence-electron chi connectivity index (χ4n) is 1.91. The monoisotopic (exact) mass is 336 g/mol. The molecule has 110 valence electrons. The Balaban J connectivity index is 1.93. The zero-order valence-electron chi connectivity index (χ0n) is 10.9. The number of ether oxygens (including phenoxy) is 1. The van der Waals surface area contributed by atoms with Crippen LogP contribution < -0.4 is 0 Å². The van der Waals surface area contributed by atoms with Gasteiger partial charge in [0.25, 0.3) is 5.91 Å². The minimum absolute atomic E-state index is 0.104. The smallest absolute Gasteiger partial charge is 0.409 e. The van der Waals surface area contributed by atoms with E-state index in [1.807, 2.05) is 0 Å². The second-order valence-electron chi connectivity index (χ2n) is 4.21. The molecule has 0 unspecified atom stereocenters. The van der Waals surface area contributed by atoms with Crippen LogP contribution in [0, 0.1) is 0 Å². The second-order valence-corrected chi connectivity index (χ2v) is 6.27. The van der Waals surface area contributed by atoms with Crippen LogP contribution in [0.25, 0.3) is 0 Å². The molecule has 0 aliphatic carbocycles. The fourth-order valence-corrected chi connectivity index (χ4v) is 3.25. The van der Waals surface area contributed by atoms with Gasteiger partial charge < -0.3 is 14.5 Å². The van der Waals surface area contributed by atoms with Gasteiger partial charge in [-0.05, 0) is 13.0 Å². The van der Waals surface area contributed by atoms with Crippen LogP contribution in [0.4, 0.5) is 4.79 Å². The van der Waals surface area contributed by atoms with Crippen molar-refractivity contribution in [2.45, 2.75) is 6.92 Å². The first-order chi connectivity index (χ1) is 9.52. The molecular formula is C12H14Cl2N2O3S. The first-order valence-electron chi connectivity index (χ1n) is 6.18. The Morgan fingerprint density at radius 3 is 2.35 bits per heavy atom. The lowest BCUT2D eigenvalue weighted by Crippen LogP contribution is -2.50. The van der Waals surface area contributed by atoms with E-state index in [1.54, 1.807) is 22.8 Å². The maximum atomic E-state index is 12.3. The van der Waals surface area contributed by atoms with Crippen LogP contribution in [0.1, 0.15) is 16.6 Å². The normalized spacial score (nSPS) is 15.3. The summed E-state index contributed by atoms with van der Waals surface area (Å²) in [6, 6.07) is 1.58. The molecular weight excluding hydrogens is 323 g/mol. The Kier molecular flexibility index (Phi) is 5.12. The molecule has 2 rings (SSSR count). The summed E-state index contributed by atoms with van der Waals surface area (Å²) in [7, 11) is 0. The Labute approximate surface area is 131 Å². The van der Waals surface area contributed by atoms with Crippen molar-refractivity contribution in [2.75, 3.05) is 32.8 Å². The zero-order valence-corrected chi connectivity index (χ0v) is 13.2. The minimum atomic E-state index is -0.332. The Morgan fingerprint density at radius 1 is 1.25 bits per heavy atom. The topological polar surface area (TPSA) is 49.9 Å². The summed E-state index contributed by atoms with van der Waals surface area (Å²) in [5, 5.41) is 0.394. The van der Waals surface area contributed by atoms with Gasteiger partial charge in [-0.2, -0.15) is 0 Å². The van der Waals surface area contributed by atoms with Crippen LogP contribution in [0.15, 0.2) is 6.07 Å². The molecule has 20 heavy (non-hydrogen) atoms. The van der Waals surface area contributed by atoms with Gasteiger partial charge in [-0.3, -0.25) is 4.79 Å². The van der Waals surface area contributed by atoms with Crippen LogP contribution >= 0.6 is 34.5 Å². The molecule has 1 saturated heterocycles. The average molecular weight is 337 g/mol. The summed E-state index contributed by atoms with van der Waals surface area (Å²) in [6.45, 7) is 4.01. The van der Waals surface area contributed by atoms with E-state index in [1.165, 1.54) is 11.3 Å². The van der Waals surface area contributed by atoms with Crippen molar-refractivity contribution in [1.82, 2.24) is 9.80 Å². The number of halogens is 2. The van der Waals surface area contributed by atoms with Crippen molar-refractivity contribution in [3.8, 4) is 0 Å². The van der Waals surface area contributed by atoms with E-state index in [2.05, 4.69) is 0 Å². The van der Waals surface area contributed by atoms with Crippen LogP contribution in [0.3, 0.4) is 0 Å². The number of rotatable bonds is 2. The number of hydrogen-bond acceptors (Lipinski definition) is 4. The number of carbonyl (C=O) groups is 2. The second kappa shape index (κ2) is 6.65. The van der Waals surface area contributed by atoms with Gasteiger partial charge in [0.15, 0.2) is 0 Å². The van der Waals surface area contributed by atoms with E-state index in [9.17, 15) is 9.59 Å². The highest BCUT2D eigenvalue weighted by Gasteiger charge is 2.26. The van der Waals surface area contributed by atoms with Gasteiger partial charge in [-0.1, -0.05) is 23.2 Å². The summed E-state index contributed by atoms with van der Waals surface area (Å²) in [6.07, 6.45) is -0.332. The number of amides is 2. The average Bonchev–Trinajstić information content (AvgIpc) is 2.78. The van der Waals surface area contributed by atoms with Gasteiger partial charge in [0.05, 0.1) is 16.5 Å². The molecule has 0 N–H and O–H groups in total. The number of carbonyl (C=O) groups excluding carboxylic acids is 2. The van der Waals surface area contributed by atoms with E-state index in [4.69, 9.17) is 27.9 Å². The van der Waals surface area contributed by atoms with Crippen LogP contribution in [0.2, 0.25) is 9.36 Å². The molecule has 2 heterocycles. The van der Waals surface area contributed by atoms with Crippen molar-refractivity contribution in [3.05, 3.63) is 20.3 Å². The third-order valence-corrected chi connectivity index (χ3v) is 4.80. The van der Waals surface area contributed by atoms with E-state index < -0.39 is 0 Å². The first-order valence-corrected chi connectivity index (χ1v) is 7.76. The summed E-state index contributed by atoms with van der Waals surface area (Å²) < 4.78 is 5.35. The minimum Gasteiger partial charge on any atom is -0.450 e. The van der Waals surface area contributed by atoms with Gasteiger partial charge in [0.1, 0.15) is 4.34 Å². The lowest BCUT2D eigenvalue weighted by Gasteiger charge is -2.33. The third-order valence-electron chi connectivity index (χ3n) is 2.95. The van der Waals surface area contributed by atoms with Gasteiger partial charge in [-0.25, -0.2) is 4.79 Å². The number of nitrogens with zero attached hydrogens (tertiary/aromatic N) is 2. The van der Waals surface area contributed by atoms with E-state index in [0.29, 0.717) is 47.0 Å². The summed E-state index contributed by atoms with van der Waals surface area (Å²) in [5.41, 5.74) is 0. The van der Waals surface area contributed by atoms with Crippen molar-refractivity contribution in [1.29, 1.82) is 0 Å². The van der Waals surface area contributed by atoms with Crippen LogP contribution in [-0.2, 0) is 4.74 Å². The molecule has 1 aliphatic heterocycles. The summed E-state index contributed by atoms with van der Waals surface area (Å²) >= 11 is 12.9. The fraction of sp³-hybridized carbons (Fsp3) is 0.500. The first kappa shape index (κ1) is 15.4. The Morgan fingerprint density at radius 2 is 1.85 bits per heavy atom. The Hall–Kier alpha value is -0.980. The highest BCUT2D eigenvalue weighted by atomic mass is 35.5. The van der Waals surface area contributed by atoms with E-state index in [0.717, 1.165) is 0 Å². The van der Waals surface area contributed by atoms with Crippen LogP contribution in [0.5, 0.6) is 0 Å². The zero-order chi connectivity index (χ0) is 14.7. The quantitative estimate of drug-likeness (QED) is 0.834. The molecule has 1 aliphatic rings. The number of piperazine rings is 1. The Bertz CT molecular complexity index is 493. The lowest BCUT2D eigenvalue weighted by molar-refractivity contribution is 0.0574. The molecule has 0 atom stereocenters. The van der Waals surface area contributed by atoms with Gasteiger partial charge in [0.2, 0.25) is 0 Å². The van der Waals surface area contributed by atoms with Gasteiger partial charge in [0, 0.05) is 26.2 Å². The van der Waals surface area contributed by atoms with Crippen LogP contribution in [-0.4, -0.2) is 54.6 Å². The molecule has 0 saturated carbocycles. The largest absolute Gasteiger partial charge is 0.450 e. The van der Waals surface area contributed by atoms with Gasteiger partial charge in [-0.15, -0.1) is 11.3 Å². The molecule has 0 bridgehead atoms. The maximum Gasteiger partial charge on any atom is 0.409 e. The molecule has 0 spiro atoms. The molecule has 8 heteroatoms. The van der Waals surface area contributed by atoms with E-state index in [-0.39, 0.29) is 12.0 Å². The van der Waals surface area contributed by atoms with Crippen molar-refractivity contribution >= 4 is 46.5 Å². The lowest BCUT2D eigenvalue weighted by atomic mass is 10.3. The molecule has 2 amide bonds. The van der Waals surface area contributed by atoms with Gasteiger partial charge >= 0.3 is 6.09 Å². The SMILES string of the molecule is CCOC(=O)N1CCN(C(=O)c2cc(Cl)c(Cl)s2)CC1. The highest BCUT2D eigenvalue weighted by molar-refractivity contribution is 7.18. The highest BCUT2D eigenvalue weighted by Crippen LogP contribution is 2.32. The third kappa shape index (κ3) is 3.37. The number of hydrogen-bond donors (Lipinski definition) is 0. The number of thiophene rings is 1. The maximum absolute atomic E-state index is 12.3. The van der Waals surface area contributed by atoms with Crippen molar-refractivity contribution in [2.24, 2.45) is 0 Å². The van der Waals surface area contributed by atoms with Crippen molar-refractivity contribution < 1.29 is 14.3 Å².